The number of non-ortho nitro benzene ring substituents is 1. The van der Waals surface area contributed by atoms with Crippen LogP contribution in [0.5, 0.6) is 11.5 Å². The van der Waals surface area contributed by atoms with E-state index in [0.717, 1.165) is 0 Å². The zero-order chi connectivity index (χ0) is 29.8. The Bertz CT molecular complexity index is 1670. The van der Waals surface area contributed by atoms with Gasteiger partial charge >= 0.3 is 0 Å². The Labute approximate surface area is 247 Å². The molecule has 1 atom stereocenters. The lowest BCUT2D eigenvalue weighted by molar-refractivity contribution is -0.384. The molecule has 4 aromatic rings. The standard InChI is InChI=1S/C30H30ClN5O6/c1-3-41-27-7-5-4-6-26(27)35-29(32-25-18-22(36(39)40)10-13-24(25)30(35)38)20(2)33-14-16-34(17-15-33)28(37)19-42-23-11-8-21(31)9-12-23/h4-13,18,20H,3,14-17,19H2,1-2H3. The highest BCUT2D eigenvalue weighted by molar-refractivity contribution is 6.30. The summed E-state index contributed by atoms with van der Waals surface area (Å²) in [6.45, 7) is 6.11. The highest BCUT2D eigenvalue weighted by Gasteiger charge is 2.29. The molecule has 1 aromatic heterocycles. The molecule has 11 nitrogen and oxygen atoms in total. The summed E-state index contributed by atoms with van der Waals surface area (Å²) in [5, 5.41) is 12.3. The summed E-state index contributed by atoms with van der Waals surface area (Å²) < 4.78 is 13.0. The van der Waals surface area contributed by atoms with Gasteiger partial charge in [-0.15, -0.1) is 0 Å². The van der Waals surface area contributed by atoms with Crippen LogP contribution in [0.1, 0.15) is 25.7 Å². The number of nitro benzene ring substituents is 1. The summed E-state index contributed by atoms with van der Waals surface area (Å²) >= 11 is 5.91. The molecular formula is C30H30ClN5O6. The van der Waals surface area contributed by atoms with Crippen LogP contribution >= 0.6 is 11.6 Å². The lowest BCUT2D eigenvalue weighted by atomic mass is 10.1. The summed E-state index contributed by atoms with van der Waals surface area (Å²) in [7, 11) is 0. The predicted molar refractivity (Wildman–Crippen MR) is 159 cm³/mol. The summed E-state index contributed by atoms with van der Waals surface area (Å²) in [5.74, 6) is 1.38. The number of amides is 1. The molecule has 42 heavy (non-hydrogen) atoms. The van der Waals surface area contributed by atoms with Crippen molar-refractivity contribution in [2.75, 3.05) is 39.4 Å². The van der Waals surface area contributed by atoms with Crippen LogP contribution in [0.3, 0.4) is 0 Å². The maximum atomic E-state index is 13.9. The van der Waals surface area contributed by atoms with E-state index in [0.29, 0.717) is 60.8 Å². The van der Waals surface area contributed by atoms with Crippen LogP contribution in [0.2, 0.25) is 5.02 Å². The number of benzene rings is 3. The van der Waals surface area contributed by atoms with Crippen LogP contribution in [-0.2, 0) is 4.79 Å². The normalized spacial score (nSPS) is 14.5. The number of halogens is 1. The van der Waals surface area contributed by atoms with Gasteiger partial charge in [-0.2, -0.15) is 0 Å². The summed E-state index contributed by atoms with van der Waals surface area (Å²) in [4.78, 5) is 46.4. The van der Waals surface area contributed by atoms with E-state index in [1.54, 1.807) is 41.3 Å². The van der Waals surface area contributed by atoms with Gasteiger partial charge in [-0.1, -0.05) is 23.7 Å². The number of hydrogen-bond donors (Lipinski definition) is 0. The van der Waals surface area contributed by atoms with E-state index in [1.807, 2.05) is 26.0 Å². The van der Waals surface area contributed by atoms with E-state index in [1.165, 1.54) is 22.8 Å². The molecule has 1 saturated heterocycles. The van der Waals surface area contributed by atoms with Crippen molar-refractivity contribution in [1.29, 1.82) is 0 Å². The maximum Gasteiger partial charge on any atom is 0.271 e. The van der Waals surface area contributed by atoms with Gasteiger partial charge in [0.05, 0.1) is 34.2 Å². The number of nitrogens with zero attached hydrogens (tertiary/aromatic N) is 5. The third-order valence-corrected chi connectivity index (χ3v) is 7.51. The zero-order valence-corrected chi connectivity index (χ0v) is 24.0. The minimum Gasteiger partial charge on any atom is -0.492 e. The van der Waals surface area contributed by atoms with E-state index >= 15 is 0 Å². The molecule has 1 amide bonds. The van der Waals surface area contributed by atoms with Crippen LogP contribution in [0.25, 0.3) is 16.6 Å². The molecule has 2 heterocycles. The van der Waals surface area contributed by atoms with Gasteiger partial charge in [0.1, 0.15) is 17.3 Å². The lowest BCUT2D eigenvalue weighted by Crippen LogP contribution is -2.51. The van der Waals surface area contributed by atoms with Crippen molar-refractivity contribution < 1.29 is 19.2 Å². The number of carbonyl (C=O) groups excluding carboxylic acids is 1. The van der Waals surface area contributed by atoms with Crippen molar-refractivity contribution in [2.24, 2.45) is 0 Å². The fourth-order valence-electron chi connectivity index (χ4n) is 5.03. The molecular weight excluding hydrogens is 562 g/mol. The Balaban J connectivity index is 1.42. The number of hydrogen-bond acceptors (Lipinski definition) is 8. The summed E-state index contributed by atoms with van der Waals surface area (Å²) in [5.41, 5.74) is 0.284. The summed E-state index contributed by atoms with van der Waals surface area (Å²) in [6, 6.07) is 17.8. The van der Waals surface area contributed by atoms with E-state index < -0.39 is 4.92 Å². The average molecular weight is 592 g/mol. The van der Waals surface area contributed by atoms with Crippen LogP contribution < -0.4 is 15.0 Å². The van der Waals surface area contributed by atoms with Crippen molar-refractivity contribution in [1.82, 2.24) is 19.4 Å². The molecule has 1 unspecified atom stereocenters. The van der Waals surface area contributed by atoms with Crippen molar-refractivity contribution in [3.05, 3.63) is 98.0 Å². The first kappa shape index (κ1) is 29.0. The molecule has 0 spiro atoms. The van der Waals surface area contributed by atoms with Crippen LogP contribution in [0.4, 0.5) is 5.69 Å². The first-order chi connectivity index (χ1) is 20.3. The number of rotatable bonds is 9. The van der Waals surface area contributed by atoms with Crippen molar-refractivity contribution in [3.63, 3.8) is 0 Å². The molecule has 0 bridgehead atoms. The average Bonchev–Trinajstić information content (AvgIpc) is 3.00. The number of fused-ring (bicyclic) bond motifs is 1. The number of nitro groups is 1. The molecule has 3 aromatic carbocycles. The smallest absolute Gasteiger partial charge is 0.271 e. The molecule has 5 rings (SSSR count). The molecule has 0 N–H and O–H groups in total. The zero-order valence-electron chi connectivity index (χ0n) is 23.2. The molecule has 0 radical (unpaired) electrons. The minimum absolute atomic E-state index is 0.0874. The first-order valence-electron chi connectivity index (χ1n) is 13.6. The number of piperazine rings is 1. The van der Waals surface area contributed by atoms with Crippen molar-refractivity contribution in [2.45, 2.75) is 19.9 Å². The van der Waals surface area contributed by atoms with Crippen molar-refractivity contribution in [3.8, 4) is 17.2 Å². The van der Waals surface area contributed by atoms with E-state index in [9.17, 15) is 19.7 Å². The maximum absolute atomic E-state index is 13.9. The monoisotopic (exact) mass is 591 g/mol. The van der Waals surface area contributed by atoms with E-state index in [2.05, 4.69) is 4.90 Å². The molecule has 0 aliphatic carbocycles. The van der Waals surface area contributed by atoms with E-state index in [4.69, 9.17) is 26.1 Å². The quantitative estimate of drug-likeness (QED) is 0.204. The SMILES string of the molecule is CCOc1ccccc1-n1c(C(C)N2CCN(C(=O)COc3ccc(Cl)cc3)CC2)nc2cc([N+](=O)[O-])ccc2c1=O. The van der Waals surface area contributed by atoms with Gasteiger partial charge in [0.2, 0.25) is 0 Å². The Kier molecular flexibility index (Phi) is 8.69. The Morgan fingerprint density at radius 1 is 1.05 bits per heavy atom. The highest BCUT2D eigenvalue weighted by atomic mass is 35.5. The fraction of sp³-hybridized carbons (Fsp3) is 0.300. The van der Waals surface area contributed by atoms with Crippen LogP contribution in [-0.4, -0.2) is 69.6 Å². The van der Waals surface area contributed by atoms with Crippen LogP contribution in [0, 0.1) is 10.1 Å². The minimum atomic E-state index is -0.507. The third kappa shape index (κ3) is 6.07. The number of para-hydroxylation sites is 2. The van der Waals surface area contributed by atoms with Gasteiger partial charge in [0.25, 0.3) is 17.2 Å². The second kappa shape index (κ2) is 12.6. The predicted octanol–water partition coefficient (Wildman–Crippen LogP) is 4.63. The molecule has 1 fully saturated rings. The number of ether oxygens (including phenoxy) is 2. The Morgan fingerprint density at radius 3 is 2.45 bits per heavy atom. The van der Waals surface area contributed by atoms with Gasteiger partial charge in [-0.25, -0.2) is 4.98 Å². The summed E-state index contributed by atoms with van der Waals surface area (Å²) in [6.07, 6.45) is 0. The Hall–Kier alpha value is -4.48. The van der Waals surface area contributed by atoms with Gasteiger partial charge in [-0.05, 0) is 56.3 Å². The van der Waals surface area contributed by atoms with Gasteiger partial charge < -0.3 is 14.4 Å². The molecule has 1 aliphatic heterocycles. The second-order valence-corrected chi connectivity index (χ2v) is 10.2. The molecule has 218 valence electrons. The highest BCUT2D eigenvalue weighted by Crippen LogP contribution is 2.29. The van der Waals surface area contributed by atoms with Gasteiger partial charge in [0.15, 0.2) is 6.61 Å². The number of carbonyl (C=O) groups is 1. The largest absolute Gasteiger partial charge is 0.492 e. The molecule has 0 saturated carbocycles. The molecule has 12 heteroatoms. The van der Waals surface area contributed by atoms with E-state index in [-0.39, 0.29) is 40.7 Å². The van der Waals surface area contributed by atoms with Gasteiger partial charge in [0, 0.05) is 43.3 Å². The van der Waals surface area contributed by atoms with Gasteiger partial charge in [-0.3, -0.25) is 29.2 Å². The fourth-order valence-corrected chi connectivity index (χ4v) is 5.15. The number of aromatic nitrogens is 2. The lowest BCUT2D eigenvalue weighted by Gasteiger charge is -2.38. The first-order valence-corrected chi connectivity index (χ1v) is 14.0. The topological polar surface area (TPSA) is 120 Å². The van der Waals surface area contributed by atoms with Crippen molar-refractivity contribution >= 4 is 34.1 Å². The molecule has 1 aliphatic rings. The third-order valence-electron chi connectivity index (χ3n) is 7.26. The second-order valence-electron chi connectivity index (χ2n) is 9.81. The van der Waals surface area contributed by atoms with Crippen LogP contribution in [0.15, 0.2) is 71.5 Å². The Morgan fingerprint density at radius 2 is 1.76 bits per heavy atom.